The molecule has 1 N–H and O–H groups in total. The van der Waals surface area contributed by atoms with Crippen molar-refractivity contribution in [1.82, 2.24) is 9.88 Å². The van der Waals surface area contributed by atoms with Crippen LogP contribution in [0.5, 0.6) is 0 Å². The minimum absolute atomic E-state index is 0.0199. The van der Waals surface area contributed by atoms with Gasteiger partial charge in [0, 0.05) is 50.8 Å². The summed E-state index contributed by atoms with van der Waals surface area (Å²) in [4.78, 5) is 21.6. The molecule has 0 atom stereocenters. The number of aryl methyl sites for hydroxylation is 1. The molecule has 6 heteroatoms. The third-order valence-corrected chi connectivity index (χ3v) is 5.20. The van der Waals surface area contributed by atoms with Gasteiger partial charge < -0.3 is 15.0 Å². The molecule has 1 saturated heterocycles. The van der Waals surface area contributed by atoms with Crippen LogP contribution in [0.4, 0.5) is 11.4 Å². The van der Waals surface area contributed by atoms with Crippen LogP contribution < -0.4 is 10.2 Å². The molecule has 2 aliphatic rings. The van der Waals surface area contributed by atoms with Crippen molar-refractivity contribution in [2.45, 2.75) is 12.8 Å². The number of pyridine rings is 1. The van der Waals surface area contributed by atoms with Crippen molar-refractivity contribution in [3.63, 3.8) is 0 Å². The normalized spacial score (nSPS) is 17.4. The average Bonchev–Trinajstić information content (AvgIpc) is 2.74. The molecular weight excluding hydrogens is 340 g/mol. The van der Waals surface area contributed by atoms with Gasteiger partial charge in [0.25, 0.3) is 5.91 Å². The largest absolute Gasteiger partial charge is 0.382 e. The molecule has 0 radical (unpaired) electrons. The zero-order chi connectivity index (χ0) is 18.5. The van der Waals surface area contributed by atoms with Crippen LogP contribution in [0.3, 0.4) is 0 Å². The van der Waals surface area contributed by atoms with E-state index in [1.54, 1.807) is 12.4 Å². The van der Waals surface area contributed by atoms with Gasteiger partial charge in [-0.25, -0.2) is 0 Å². The first-order chi connectivity index (χ1) is 13.3. The van der Waals surface area contributed by atoms with Gasteiger partial charge in [0.15, 0.2) is 0 Å². The van der Waals surface area contributed by atoms with E-state index < -0.39 is 0 Å². The minimum Gasteiger partial charge on any atom is -0.382 e. The summed E-state index contributed by atoms with van der Waals surface area (Å²) in [6.45, 7) is 6.11. The lowest BCUT2D eigenvalue weighted by Crippen LogP contribution is -2.39. The maximum atomic E-state index is 13.1. The van der Waals surface area contributed by atoms with Crippen molar-refractivity contribution in [2.75, 3.05) is 56.2 Å². The predicted octanol–water partition coefficient (Wildman–Crippen LogP) is 2.42. The van der Waals surface area contributed by atoms with E-state index in [0.717, 1.165) is 70.2 Å². The first-order valence-electron chi connectivity index (χ1n) is 9.70. The van der Waals surface area contributed by atoms with Crippen LogP contribution in [0.1, 0.15) is 22.3 Å². The summed E-state index contributed by atoms with van der Waals surface area (Å²) >= 11 is 0. The number of nitrogens with one attached hydrogen (secondary N) is 1. The van der Waals surface area contributed by atoms with Gasteiger partial charge in [-0.3, -0.25) is 14.7 Å². The predicted molar refractivity (Wildman–Crippen MR) is 106 cm³/mol. The minimum atomic E-state index is 0.0199. The second-order valence-electron chi connectivity index (χ2n) is 7.03. The number of morpholine rings is 1. The highest BCUT2D eigenvalue weighted by atomic mass is 16.5. The summed E-state index contributed by atoms with van der Waals surface area (Å²) in [6.07, 6.45) is 5.46. The molecule has 2 aromatic rings. The maximum absolute atomic E-state index is 13.1. The Balaban J connectivity index is 1.41. The molecule has 6 nitrogen and oxygen atoms in total. The number of aromatic nitrogens is 1. The Hall–Kier alpha value is -2.44. The lowest BCUT2D eigenvalue weighted by Gasteiger charge is -2.29. The zero-order valence-electron chi connectivity index (χ0n) is 15.6. The number of carbonyl (C=O) groups excluding carboxylic acids is 1. The van der Waals surface area contributed by atoms with Crippen molar-refractivity contribution in [3.05, 3.63) is 53.9 Å². The zero-order valence-corrected chi connectivity index (χ0v) is 15.6. The SMILES string of the molecule is O=C(c1cncc(NCCN2CCOCC2)c1)N1CCCc2ccccc21. The van der Waals surface area contributed by atoms with Crippen molar-refractivity contribution in [2.24, 2.45) is 0 Å². The number of hydrogen-bond donors (Lipinski definition) is 1. The van der Waals surface area contributed by atoms with Gasteiger partial charge in [-0.15, -0.1) is 0 Å². The fourth-order valence-electron chi connectivity index (χ4n) is 3.74. The van der Waals surface area contributed by atoms with Gasteiger partial charge >= 0.3 is 0 Å². The molecule has 1 aromatic heterocycles. The third kappa shape index (κ3) is 4.28. The standard InChI is InChI=1S/C21H26N4O2/c26-21(25-8-3-5-17-4-1-2-6-20(17)25)18-14-19(16-22-15-18)23-7-9-24-10-12-27-13-11-24/h1-2,4,6,14-16,23H,3,5,7-13H2. The van der Waals surface area contributed by atoms with Gasteiger partial charge in [0.1, 0.15) is 0 Å². The highest BCUT2D eigenvalue weighted by Crippen LogP contribution is 2.28. The van der Waals surface area contributed by atoms with Crippen LogP contribution in [-0.4, -0.2) is 61.7 Å². The molecule has 0 aliphatic carbocycles. The first-order valence-corrected chi connectivity index (χ1v) is 9.70. The van der Waals surface area contributed by atoms with Gasteiger partial charge in [-0.05, 0) is 30.5 Å². The van der Waals surface area contributed by atoms with Gasteiger partial charge in [0.2, 0.25) is 0 Å². The smallest absolute Gasteiger partial charge is 0.259 e. The number of rotatable bonds is 5. The van der Waals surface area contributed by atoms with Crippen molar-refractivity contribution in [1.29, 1.82) is 0 Å². The Kier molecular flexibility index (Phi) is 5.65. The van der Waals surface area contributed by atoms with Crippen LogP contribution >= 0.6 is 0 Å². The Labute approximate surface area is 160 Å². The van der Waals surface area contributed by atoms with Gasteiger partial charge in [-0.2, -0.15) is 0 Å². The molecule has 27 heavy (non-hydrogen) atoms. The number of hydrogen-bond acceptors (Lipinski definition) is 5. The number of carbonyl (C=O) groups is 1. The fraction of sp³-hybridized carbons (Fsp3) is 0.429. The monoisotopic (exact) mass is 366 g/mol. The van der Waals surface area contributed by atoms with E-state index in [-0.39, 0.29) is 5.91 Å². The summed E-state index contributed by atoms with van der Waals surface area (Å²) in [5.41, 5.74) is 3.78. The Morgan fingerprint density at radius 1 is 1.15 bits per heavy atom. The van der Waals surface area contributed by atoms with Gasteiger partial charge in [-0.1, -0.05) is 18.2 Å². The molecule has 1 aromatic carbocycles. The van der Waals surface area contributed by atoms with Gasteiger partial charge in [0.05, 0.1) is 24.5 Å². The number of amides is 1. The summed E-state index contributed by atoms with van der Waals surface area (Å²) in [5, 5.41) is 3.39. The molecule has 0 unspecified atom stereocenters. The molecule has 3 heterocycles. The van der Waals surface area contributed by atoms with E-state index in [4.69, 9.17) is 4.74 Å². The molecule has 2 aliphatic heterocycles. The number of nitrogens with zero attached hydrogens (tertiary/aromatic N) is 3. The number of para-hydroxylation sites is 1. The lowest BCUT2D eigenvalue weighted by molar-refractivity contribution is 0.0398. The highest BCUT2D eigenvalue weighted by molar-refractivity contribution is 6.07. The maximum Gasteiger partial charge on any atom is 0.259 e. The van der Waals surface area contributed by atoms with Crippen LogP contribution in [0, 0.1) is 0 Å². The molecule has 0 spiro atoms. The molecule has 1 amide bonds. The van der Waals surface area contributed by atoms with E-state index in [9.17, 15) is 4.79 Å². The second kappa shape index (κ2) is 8.50. The summed E-state index contributed by atoms with van der Waals surface area (Å²) in [5.74, 6) is 0.0199. The Morgan fingerprint density at radius 2 is 2.00 bits per heavy atom. The number of ether oxygens (including phenoxy) is 1. The number of anilines is 2. The quantitative estimate of drug-likeness (QED) is 0.881. The van der Waals surface area contributed by atoms with Crippen LogP contribution in [0.15, 0.2) is 42.7 Å². The van der Waals surface area contributed by atoms with E-state index in [1.807, 2.05) is 29.2 Å². The first kappa shape index (κ1) is 17.9. The van der Waals surface area contributed by atoms with Crippen molar-refractivity contribution >= 4 is 17.3 Å². The van der Waals surface area contributed by atoms with Crippen LogP contribution in [0.2, 0.25) is 0 Å². The highest BCUT2D eigenvalue weighted by Gasteiger charge is 2.23. The Bertz CT molecular complexity index is 789. The molecule has 4 rings (SSSR count). The van der Waals surface area contributed by atoms with Crippen molar-refractivity contribution in [3.8, 4) is 0 Å². The molecule has 1 fully saturated rings. The lowest BCUT2D eigenvalue weighted by atomic mass is 10.0. The van der Waals surface area contributed by atoms with E-state index in [2.05, 4.69) is 21.3 Å². The third-order valence-electron chi connectivity index (χ3n) is 5.20. The Morgan fingerprint density at radius 3 is 2.89 bits per heavy atom. The number of fused-ring (bicyclic) bond motifs is 1. The molecular formula is C21H26N4O2. The molecule has 0 bridgehead atoms. The average molecular weight is 366 g/mol. The molecule has 0 saturated carbocycles. The summed E-state index contributed by atoms with van der Waals surface area (Å²) < 4.78 is 5.37. The topological polar surface area (TPSA) is 57.7 Å². The van der Waals surface area contributed by atoms with E-state index in [1.165, 1.54) is 5.56 Å². The molecule has 142 valence electrons. The van der Waals surface area contributed by atoms with E-state index >= 15 is 0 Å². The van der Waals surface area contributed by atoms with E-state index in [0.29, 0.717) is 5.56 Å². The van der Waals surface area contributed by atoms with Crippen molar-refractivity contribution < 1.29 is 9.53 Å². The number of benzene rings is 1. The summed E-state index contributed by atoms with van der Waals surface area (Å²) in [7, 11) is 0. The second-order valence-corrected chi connectivity index (χ2v) is 7.03. The van der Waals surface area contributed by atoms with Crippen LogP contribution in [-0.2, 0) is 11.2 Å². The summed E-state index contributed by atoms with van der Waals surface area (Å²) in [6, 6.07) is 10.1. The van der Waals surface area contributed by atoms with Crippen LogP contribution in [0.25, 0.3) is 0 Å². The fourth-order valence-corrected chi connectivity index (χ4v) is 3.74.